The number of imidazole rings is 1. The van der Waals surface area contributed by atoms with Crippen molar-refractivity contribution in [1.29, 1.82) is 5.26 Å². The van der Waals surface area contributed by atoms with E-state index in [-0.39, 0.29) is 17.5 Å². The van der Waals surface area contributed by atoms with E-state index in [0.29, 0.717) is 25.2 Å². The number of nitrogens with zero attached hydrogens (tertiary/aromatic N) is 4. The van der Waals surface area contributed by atoms with E-state index < -0.39 is 5.82 Å². The Bertz CT molecular complexity index is 779. The van der Waals surface area contributed by atoms with Crippen LogP contribution in [0.2, 0.25) is 0 Å². The summed E-state index contributed by atoms with van der Waals surface area (Å²) in [7, 11) is 0. The van der Waals surface area contributed by atoms with Crippen LogP contribution in [0.25, 0.3) is 5.69 Å². The molecule has 1 aromatic heterocycles. The minimum atomic E-state index is -0.486. The molecule has 1 aromatic carbocycles. The topological polar surface area (TPSA) is 74.0 Å². The molecule has 6 nitrogen and oxygen atoms in total. The summed E-state index contributed by atoms with van der Waals surface area (Å²) < 4.78 is 15.8. The number of amides is 1. The third kappa shape index (κ3) is 3.16. The number of aromatic nitrogens is 2. The number of halogens is 1. The van der Waals surface area contributed by atoms with E-state index in [1.165, 1.54) is 12.4 Å². The van der Waals surface area contributed by atoms with Crippen molar-refractivity contribution in [2.45, 2.75) is 19.4 Å². The average Bonchev–Trinajstić information content (AvgIpc) is 3.16. The fourth-order valence-electron chi connectivity index (χ4n) is 2.65. The number of benzene rings is 1. The Morgan fingerprint density at radius 3 is 2.96 bits per heavy atom. The van der Waals surface area contributed by atoms with E-state index in [2.05, 4.69) is 16.5 Å². The molecule has 1 atom stereocenters. The van der Waals surface area contributed by atoms with Crippen molar-refractivity contribution in [1.82, 2.24) is 19.8 Å². The summed E-state index contributed by atoms with van der Waals surface area (Å²) in [5, 5.41) is 11.7. The minimum absolute atomic E-state index is 0.0822. The number of nitriles is 1. The van der Waals surface area contributed by atoms with Crippen molar-refractivity contribution in [3.05, 3.63) is 47.8 Å². The highest BCUT2D eigenvalue weighted by atomic mass is 19.1. The van der Waals surface area contributed by atoms with E-state index in [4.69, 9.17) is 5.26 Å². The molecule has 0 saturated carbocycles. The van der Waals surface area contributed by atoms with Crippen LogP contribution in [-0.2, 0) is 0 Å². The second-order valence-electron chi connectivity index (χ2n) is 5.59. The summed E-state index contributed by atoms with van der Waals surface area (Å²) in [5.74, 6) is -0.817. The monoisotopic (exact) mass is 313 g/mol. The molecule has 1 fully saturated rings. The van der Waals surface area contributed by atoms with Crippen molar-refractivity contribution in [3.8, 4) is 11.9 Å². The van der Waals surface area contributed by atoms with Gasteiger partial charge in [-0.2, -0.15) is 5.26 Å². The predicted molar refractivity (Wildman–Crippen MR) is 81.3 cm³/mol. The number of aryl methyl sites for hydroxylation is 1. The number of hydrogen-bond donors (Lipinski definition) is 1. The highest BCUT2D eigenvalue weighted by Gasteiger charge is 2.23. The van der Waals surface area contributed by atoms with E-state index in [0.717, 1.165) is 5.69 Å². The largest absolute Gasteiger partial charge is 0.347 e. The number of carbonyl (C=O) groups excluding carboxylic acids is 1. The quantitative estimate of drug-likeness (QED) is 0.874. The molecule has 0 unspecified atom stereocenters. The molecule has 0 aliphatic carbocycles. The highest BCUT2D eigenvalue weighted by Crippen LogP contribution is 2.16. The lowest BCUT2D eigenvalue weighted by molar-refractivity contribution is 0.0938. The lowest BCUT2D eigenvalue weighted by Crippen LogP contribution is -2.36. The number of carbonyl (C=O) groups is 1. The van der Waals surface area contributed by atoms with E-state index in [1.54, 1.807) is 27.8 Å². The van der Waals surface area contributed by atoms with Gasteiger partial charge in [0.2, 0.25) is 0 Å². The summed E-state index contributed by atoms with van der Waals surface area (Å²) in [6.45, 7) is 2.95. The first-order valence-corrected chi connectivity index (χ1v) is 7.33. The molecular formula is C16H16FN5O. The van der Waals surface area contributed by atoms with Gasteiger partial charge in [-0.25, -0.2) is 9.37 Å². The maximum Gasteiger partial charge on any atom is 0.251 e. The van der Waals surface area contributed by atoms with Gasteiger partial charge >= 0.3 is 0 Å². The normalized spacial score (nSPS) is 17.1. The second kappa shape index (κ2) is 6.08. The molecule has 0 radical (unpaired) electrons. The van der Waals surface area contributed by atoms with Crippen molar-refractivity contribution in [2.75, 3.05) is 13.1 Å². The van der Waals surface area contributed by atoms with Gasteiger partial charge in [-0.15, -0.1) is 0 Å². The highest BCUT2D eigenvalue weighted by molar-refractivity contribution is 5.94. The zero-order chi connectivity index (χ0) is 16.4. The first-order valence-electron chi connectivity index (χ1n) is 7.33. The lowest BCUT2D eigenvalue weighted by Gasteiger charge is -2.13. The van der Waals surface area contributed by atoms with Gasteiger partial charge in [0.1, 0.15) is 5.82 Å². The smallest absolute Gasteiger partial charge is 0.251 e. The molecule has 0 spiro atoms. The third-order valence-corrected chi connectivity index (χ3v) is 3.86. The van der Waals surface area contributed by atoms with Crippen LogP contribution < -0.4 is 5.32 Å². The van der Waals surface area contributed by atoms with Crippen molar-refractivity contribution in [2.24, 2.45) is 0 Å². The van der Waals surface area contributed by atoms with Crippen LogP contribution in [0.5, 0.6) is 0 Å². The zero-order valence-corrected chi connectivity index (χ0v) is 12.7. The van der Waals surface area contributed by atoms with Crippen LogP contribution in [0.15, 0.2) is 30.7 Å². The van der Waals surface area contributed by atoms with Gasteiger partial charge in [0.05, 0.1) is 17.7 Å². The summed E-state index contributed by atoms with van der Waals surface area (Å²) in [6.07, 6.45) is 6.02. The number of hydrogen-bond acceptors (Lipinski definition) is 4. The van der Waals surface area contributed by atoms with E-state index in [9.17, 15) is 9.18 Å². The van der Waals surface area contributed by atoms with Crippen LogP contribution in [0.3, 0.4) is 0 Å². The summed E-state index contributed by atoms with van der Waals surface area (Å²) >= 11 is 0. The zero-order valence-electron chi connectivity index (χ0n) is 12.7. The van der Waals surface area contributed by atoms with Crippen LogP contribution in [0.1, 0.15) is 22.5 Å². The Morgan fingerprint density at radius 1 is 1.52 bits per heavy atom. The fraction of sp³-hybridized carbons (Fsp3) is 0.312. The Morgan fingerprint density at radius 2 is 2.35 bits per heavy atom. The third-order valence-electron chi connectivity index (χ3n) is 3.86. The van der Waals surface area contributed by atoms with Crippen molar-refractivity contribution < 1.29 is 9.18 Å². The van der Waals surface area contributed by atoms with Crippen LogP contribution >= 0.6 is 0 Å². The second-order valence-corrected chi connectivity index (χ2v) is 5.59. The Hall–Kier alpha value is -2.88. The first-order chi connectivity index (χ1) is 11.1. The van der Waals surface area contributed by atoms with Gasteiger partial charge in [-0.3, -0.25) is 4.79 Å². The number of likely N-dealkylation sites (tertiary alicyclic amines) is 1. The number of nitrogens with one attached hydrogen (secondary N) is 1. The summed E-state index contributed by atoms with van der Waals surface area (Å²) in [5.41, 5.74) is 1.40. The molecule has 1 aliphatic heterocycles. The first kappa shape index (κ1) is 15.0. The molecule has 1 amide bonds. The van der Waals surface area contributed by atoms with Gasteiger partial charge in [0.25, 0.3) is 5.91 Å². The standard InChI is InChI=1S/C16H16FN5O/c1-11-7-22(10-19-11)15-3-2-12(6-14(15)17)16(23)20-13-4-5-21(8-13)9-18/h2-3,6-7,10,13H,4-5,8H2,1H3,(H,20,23)/t13-/m1/s1. The van der Waals surface area contributed by atoms with Crippen LogP contribution in [-0.4, -0.2) is 39.5 Å². The van der Waals surface area contributed by atoms with Crippen molar-refractivity contribution >= 4 is 5.91 Å². The van der Waals surface area contributed by atoms with E-state index in [1.807, 2.05) is 6.92 Å². The molecule has 2 heterocycles. The molecule has 3 rings (SSSR count). The van der Waals surface area contributed by atoms with Gasteiger partial charge in [-0.05, 0) is 31.5 Å². The molecule has 118 valence electrons. The lowest BCUT2D eigenvalue weighted by atomic mass is 10.1. The van der Waals surface area contributed by atoms with Crippen molar-refractivity contribution in [3.63, 3.8) is 0 Å². The molecule has 7 heteroatoms. The van der Waals surface area contributed by atoms with Crippen LogP contribution in [0, 0.1) is 24.2 Å². The fourth-order valence-corrected chi connectivity index (χ4v) is 2.65. The maximum atomic E-state index is 14.3. The number of rotatable bonds is 3. The Labute approximate surface area is 133 Å². The molecule has 1 N–H and O–H groups in total. The molecule has 23 heavy (non-hydrogen) atoms. The van der Waals surface area contributed by atoms with E-state index >= 15 is 0 Å². The average molecular weight is 313 g/mol. The molecular weight excluding hydrogens is 297 g/mol. The van der Waals surface area contributed by atoms with Gasteiger partial charge in [-0.1, -0.05) is 0 Å². The molecule has 0 bridgehead atoms. The predicted octanol–water partition coefficient (Wildman–Crippen LogP) is 1.60. The summed E-state index contributed by atoms with van der Waals surface area (Å²) in [6, 6.07) is 4.28. The maximum absolute atomic E-state index is 14.3. The van der Waals surface area contributed by atoms with Gasteiger partial charge < -0.3 is 14.8 Å². The molecule has 1 aliphatic rings. The SMILES string of the molecule is Cc1cn(-c2ccc(C(=O)N[C@@H]3CCN(C#N)C3)cc2F)cn1. The Balaban J connectivity index is 1.73. The molecule has 1 saturated heterocycles. The minimum Gasteiger partial charge on any atom is -0.347 e. The molecule has 2 aromatic rings. The Kier molecular flexibility index (Phi) is 3.98. The summed E-state index contributed by atoms with van der Waals surface area (Å²) in [4.78, 5) is 17.9. The van der Waals surface area contributed by atoms with Gasteiger partial charge in [0.15, 0.2) is 6.19 Å². The van der Waals surface area contributed by atoms with Crippen LogP contribution in [0.4, 0.5) is 4.39 Å². The van der Waals surface area contributed by atoms with Gasteiger partial charge in [0, 0.05) is 30.9 Å².